The van der Waals surface area contributed by atoms with E-state index in [0.717, 1.165) is 14.1 Å². The lowest BCUT2D eigenvalue weighted by atomic mass is 10.3. The van der Waals surface area contributed by atoms with Crippen LogP contribution in [0.5, 0.6) is 0 Å². The molecule has 0 N–H and O–H groups in total. The molecule has 66 valence electrons. The van der Waals surface area contributed by atoms with Gasteiger partial charge in [0.1, 0.15) is 5.15 Å². The van der Waals surface area contributed by atoms with Gasteiger partial charge >= 0.3 is 0 Å². The van der Waals surface area contributed by atoms with Crippen molar-refractivity contribution in [3.05, 3.63) is 33.1 Å². The van der Waals surface area contributed by atoms with Crippen molar-refractivity contribution < 1.29 is 0 Å². The molecular formula is C8H4ClIN2S. The van der Waals surface area contributed by atoms with Gasteiger partial charge in [0.15, 0.2) is 0 Å². The highest BCUT2D eigenvalue weighted by molar-refractivity contribution is 14.1. The summed E-state index contributed by atoms with van der Waals surface area (Å²) < 4.78 is 5.11. The number of hydrogen-bond donors (Lipinski definition) is 0. The Labute approximate surface area is 98.3 Å². The second-order valence-corrected chi connectivity index (χ2v) is 4.72. The summed E-state index contributed by atoms with van der Waals surface area (Å²) in [4.78, 5) is 5.29. The number of aromatic nitrogens is 2. The second kappa shape index (κ2) is 3.89. The van der Waals surface area contributed by atoms with Crippen molar-refractivity contribution in [2.45, 2.75) is 0 Å². The molecule has 0 saturated carbocycles. The first-order valence-electron chi connectivity index (χ1n) is 3.50. The fraction of sp³-hybridized carbons (Fsp3) is 0. The summed E-state index contributed by atoms with van der Waals surface area (Å²) in [6.07, 6.45) is 1.76. The van der Waals surface area contributed by atoms with Crippen LogP contribution in [-0.4, -0.2) is 9.36 Å². The topological polar surface area (TPSA) is 25.8 Å². The molecule has 2 heterocycles. The van der Waals surface area contributed by atoms with Crippen LogP contribution in [0.15, 0.2) is 24.4 Å². The summed E-state index contributed by atoms with van der Waals surface area (Å²) in [5.41, 5.74) is 0.913. The third-order valence-electron chi connectivity index (χ3n) is 1.48. The molecule has 0 unspecified atom stereocenters. The quantitative estimate of drug-likeness (QED) is 0.593. The van der Waals surface area contributed by atoms with Crippen LogP contribution < -0.4 is 0 Å². The summed E-state index contributed by atoms with van der Waals surface area (Å²) in [6, 6.07) is 5.67. The summed E-state index contributed by atoms with van der Waals surface area (Å²) >= 11 is 9.46. The van der Waals surface area contributed by atoms with Crippen molar-refractivity contribution in [2.75, 3.05) is 0 Å². The first-order chi connectivity index (χ1) is 6.27. The number of nitrogens with zero attached hydrogens (tertiary/aromatic N) is 2. The van der Waals surface area contributed by atoms with E-state index in [2.05, 4.69) is 31.9 Å². The van der Waals surface area contributed by atoms with Gasteiger partial charge in [-0.15, -0.1) is 0 Å². The van der Waals surface area contributed by atoms with Crippen LogP contribution in [0.2, 0.25) is 5.15 Å². The van der Waals surface area contributed by atoms with Crippen LogP contribution in [0.25, 0.3) is 10.6 Å². The van der Waals surface area contributed by atoms with Gasteiger partial charge in [-0.3, -0.25) is 0 Å². The normalized spacial score (nSPS) is 10.3. The minimum atomic E-state index is 0.517. The molecule has 0 aliphatic carbocycles. The first-order valence-corrected chi connectivity index (χ1v) is 5.73. The maximum absolute atomic E-state index is 5.80. The number of rotatable bonds is 1. The maximum atomic E-state index is 5.80. The lowest BCUT2D eigenvalue weighted by Crippen LogP contribution is -1.85. The van der Waals surface area contributed by atoms with Gasteiger partial charge in [-0.1, -0.05) is 11.6 Å². The van der Waals surface area contributed by atoms with Gasteiger partial charge in [-0.2, -0.15) is 0 Å². The predicted octanol–water partition coefficient (Wildman–Crippen LogP) is 3.46. The molecule has 2 rings (SSSR count). The monoisotopic (exact) mass is 322 g/mol. The Balaban J connectivity index is 2.57. The zero-order valence-corrected chi connectivity index (χ0v) is 10.1. The number of hydrogen-bond acceptors (Lipinski definition) is 3. The molecule has 0 aliphatic rings. The lowest BCUT2D eigenvalue weighted by Gasteiger charge is -1.99. The van der Waals surface area contributed by atoms with Crippen molar-refractivity contribution in [1.29, 1.82) is 0 Å². The van der Waals surface area contributed by atoms with E-state index in [1.165, 1.54) is 11.5 Å². The first kappa shape index (κ1) is 9.36. The highest BCUT2D eigenvalue weighted by Gasteiger charge is 2.06. The largest absolute Gasteiger partial charge is 0.234 e. The van der Waals surface area contributed by atoms with Crippen LogP contribution >= 0.6 is 45.7 Å². The smallest absolute Gasteiger partial charge is 0.129 e. The molecule has 0 fully saturated rings. The van der Waals surface area contributed by atoms with Crippen molar-refractivity contribution in [3.8, 4) is 10.6 Å². The molecule has 0 spiro atoms. The van der Waals surface area contributed by atoms with E-state index in [1.54, 1.807) is 12.3 Å². The predicted molar refractivity (Wildman–Crippen MR) is 63.1 cm³/mol. The Morgan fingerprint density at radius 3 is 2.85 bits per heavy atom. The average Bonchev–Trinajstić information content (AvgIpc) is 2.61. The van der Waals surface area contributed by atoms with Gasteiger partial charge < -0.3 is 0 Å². The zero-order valence-electron chi connectivity index (χ0n) is 6.37. The van der Waals surface area contributed by atoms with Gasteiger partial charge in [0.2, 0.25) is 0 Å². The molecule has 0 bridgehead atoms. The van der Waals surface area contributed by atoms with Gasteiger partial charge in [0, 0.05) is 9.77 Å². The van der Waals surface area contributed by atoms with E-state index in [0.29, 0.717) is 5.15 Å². The molecule has 0 aromatic carbocycles. The van der Waals surface area contributed by atoms with Crippen LogP contribution in [0.4, 0.5) is 0 Å². The number of pyridine rings is 1. The van der Waals surface area contributed by atoms with Gasteiger partial charge in [0.25, 0.3) is 0 Å². The third kappa shape index (κ3) is 2.00. The summed E-state index contributed by atoms with van der Waals surface area (Å²) in [6.45, 7) is 0. The summed E-state index contributed by atoms with van der Waals surface area (Å²) in [7, 11) is 0. The molecule has 0 radical (unpaired) electrons. The Hall–Kier alpha value is -0.200. The van der Waals surface area contributed by atoms with Crippen LogP contribution in [0.3, 0.4) is 0 Å². The van der Waals surface area contributed by atoms with Crippen molar-refractivity contribution in [1.82, 2.24) is 9.36 Å². The van der Waals surface area contributed by atoms with E-state index >= 15 is 0 Å². The Morgan fingerprint density at radius 2 is 2.15 bits per heavy atom. The molecule has 0 saturated heterocycles. The highest BCUT2D eigenvalue weighted by atomic mass is 127. The number of halogens is 2. The second-order valence-electron chi connectivity index (χ2n) is 2.34. The molecule has 13 heavy (non-hydrogen) atoms. The van der Waals surface area contributed by atoms with Crippen molar-refractivity contribution in [3.63, 3.8) is 0 Å². The maximum Gasteiger partial charge on any atom is 0.129 e. The van der Waals surface area contributed by atoms with E-state index in [-0.39, 0.29) is 0 Å². The minimum Gasteiger partial charge on any atom is -0.234 e. The van der Waals surface area contributed by atoms with Crippen LogP contribution in [0.1, 0.15) is 0 Å². The fourth-order valence-electron chi connectivity index (χ4n) is 0.929. The Morgan fingerprint density at radius 1 is 1.31 bits per heavy atom. The van der Waals surface area contributed by atoms with Crippen LogP contribution in [-0.2, 0) is 0 Å². The van der Waals surface area contributed by atoms with Crippen molar-refractivity contribution in [2.24, 2.45) is 0 Å². The summed E-state index contributed by atoms with van der Waals surface area (Å²) in [5, 5.41) is 0.517. The molecule has 0 atom stereocenters. The average molecular weight is 323 g/mol. The van der Waals surface area contributed by atoms with E-state index in [1.807, 2.05) is 12.1 Å². The SMILES string of the molecule is Clc1ccc(I)c(-c2ccns2)n1. The lowest BCUT2D eigenvalue weighted by molar-refractivity contribution is 1.32. The zero-order chi connectivity index (χ0) is 9.26. The van der Waals surface area contributed by atoms with E-state index in [4.69, 9.17) is 11.6 Å². The molecule has 0 aliphatic heterocycles. The fourth-order valence-corrected chi connectivity index (χ4v) is 2.45. The van der Waals surface area contributed by atoms with E-state index < -0.39 is 0 Å². The highest BCUT2D eigenvalue weighted by Crippen LogP contribution is 2.26. The molecule has 2 aromatic heterocycles. The molecule has 2 nitrogen and oxygen atoms in total. The van der Waals surface area contributed by atoms with E-state index in [9.17, 15) is 0 Å². The third-order valence-corrected chi connectivity index (χ3v) is 3.32. The molecular weight excluding hydrogens is 319 g/mol. The molecule has 0 amide bonds. The Bertz CT molecular complexity index is 416. The van der Waals surface area contributed by atoms with Gasteiger partial charge in [-0.05, 0) is 52.3 Å². The Kier molecular flexibility index (Phi) is 2.80. The van der Waals surface area contributed by atoms with Gasteiger partial charge in [-0.25, -0.2) is 9.36 Å². The molecule has 5 heteroatoms. The standard InChI is InChI=1S/C8H4ClIN2S/c9-7-2-1-5(10)8(12-7)6-3-4-11-13-6/h1-4H. The minimum absolute atomic E-state index is 0.517. The van der Waals surface area contributed by atoms with Crippen LogP contribution in [0, 0.1) is 3.57 Å². The summed E-state index contributed by atoms with van der Waals surface area (Å²) in [5.74, 6) is 0. The molecule has 2 aromatic rings. The van der Waals surface area contributed by atoms with Gasteiger partial charge in [0.05, 0.1) is 10.6 Å². The van der Waals surface area contributed by atoms with Crippen molar-refractivity contribution >= 4 is 45.7 Å².